The third-order valence-electron chi connectivity index (χ3n) is 1.38. The van der Waals surface area contributed by atoms with Crippen LogP contribution < -0.4 is 0 Å². The van der Waals surface area contributed by atoms with Crippen LogP contribution in [0.2, 0.25) is 0 Å². The normalized spacial score (nSPS) is 10.4. The smallest absolute Gasteiger partial charge is 0.421 e. The monoisotopic (exact) mass is 168 g/mol. The Morgan fingerprint density at radius 2 is 2.25 bits per heavy atom. The molecule has 12 heavy (non-hydrogen) atoms. The Morgan fingerprint density at radius 3 is 2.58 bits per heavy atom. The van der Waals surface area contributed by atoms with Gasteiger partial charge in [-0.15, -0.1) is 0 Å². The maximum atomic E-state index is 11.0. The molecule has 0 heterocycles. The van der Waals surface area contributed by atoms with Gasteiger partial charge in [0.25, 0.3) is 0 Å². The molecule has 4 heteroatoms. The Kier molecular flexibility index (Phi) is 4.65. The zero-order valence-corrected chi connectivity index (χ0v) is 7.50. The summed E-state index contributed by atoms with van der Waals surface area (Å²) in [6, 6.07) is 0. The molecule has 66 valence electrons. The minimum Gasteiger partial charge on any atom is -0.457 e. The van der Waals surface area contributed by atoms with Gasteiger partial charge >= 0.3 is 11.7 Å². The second-order valence-electron chi connectivity index (χ2n) is 2.14. The molecule has 0 saturated carbocycles. The quantitative estimate of drug-likeness (QED) is 0.275. The average Bonchev–Trinajstić information content (AvgIpc) is 2.06. The number of rotatable bonds is 3. The standard InChI is InChI=1S/C8H12N2O2/c1-4-6(3)7(10-9)8(11)12-5-2/h4H,5H2,1-3H3/b6-4+. The summed E-state index contributed by atoms with van der Waals surface area (Å²) < 4.78 is 4.65. The SMILES string of the molecule is C/C=C(\C)C(=[N+]=[N-])C(=O)OCC. The number of hydrogen-bond acceptors (Lipinski definition) is 2. The molecule has 0 rings (SSSR count). The lowest BCUT2D eigenvalue weighted by Gasteiger charge is -1.95. The van der Waals surface area contributed by atoms with E-state index < -0.39 is 5.97 Å². The maximum absolute atomic E-state index is 11.0. The predicted molar refractivity (Wildman–Crippen MR) is 44.7 cm³/mol. The van der Waals surface area contributed by atoms with Crippen LogP contribution in [0.25, 0.3) is 5.53 Å². The van der Waals surface area contributed by atoms with E-state index in [1.165, 1.54) is 0 Å². The van der Waals surface area contributed by atoms with E-state index in [0.29, 0.717) is 5.57 Å². The fourth-order valence-corrected chi connectivity index (χ4v) is 0.617. The van der Waals surface area contributed by atoms with E-state index in [2.05, 4.69) is 9.53 Å². The van der Waals surface area contributed by atoms with Crippen LogP contribution in [-0.2, 0) is 9.53 Å². The molecule has 0 aromatic rings. The summed E-state index contributed by atoms with van der Waals surface area (Å²) in [5, 5.41) is 0. The van der Waals surface area contributed by atoms with Crippen LogP contribution in [0.1, 0.15) is 20.8 Å². The van der Waals surface area contributed by atoms with Gasteiger partial charge in [-0.1, -0.05) is 6.08 Å². The molecule has 0 aliphatic heterocycles. The minimum atomic E-state index is -0.601. The molecule has 0 aliphatic rings. The lowest BCUT2D eigenvalue weighted by molar-refractivity contribution is -0.139. The molecule has 0 atom stereocenters. The number of hydrogen-bond donors (Lipinski definition) is 0. The highest BCUT2D eigenvalue weighted by Crippen LogP contribution is 1.96. The van der Waals surface area contributed by atoms with Gasteiger partial charge in [-0.3, -0.25) is 0 Å². The predicted octanol–water partition coefficient (Wildman–Crippen LogP) is 1.19. The van der Waals surface area contributed by atoms with Crippen LogP contribution >= 0.6 is 0 Å². The molecule has 0 amide bonds. The highest BCUT2D eigenvalue weighted by molar-refractivity contribution is 6.40. The van der Waals surface area contributed by atoms with Crippen molar-refractivity contribution in [2.45, 2.75) is 20.8 Å². The molecular formula is C8H12N2O2. The topological polar surface area (TPSA) is 62.7 Å². The van der Waals surface area contributed by atoms with Gasteiger partial charge in [0.05, 0.1) is 6.61 Å². The number of allylic oxidation sites excluding steroid dienone is 1. The second kappa shape index (κ2) is 5.27. The summed E-state index contributed by atoms with van der Waals surface area (Å²) in [6.45, 7) is 5.39. The first-order valence-corrected chi connectivity index (χ1v) is 3.69. The number of ether oxygens (including phenoxy) is 1. The van der Waals surface area contributed by atoms with Crippen LogP contribution in [0, 0.1) is 0 Å². The van der Waals surface area contributed by atoms with Crippen molar-refractivity contribution < 1.29 is 14.3 Å². The summed E-state index contributed by atoms with van der Waals surface area (Å²) in [7, 11) is 0. The van der Waals surface area contributed by atoms with Gasteiger partial charge in [0.15, 0.2) is 0 Å². The summed E-state index contributed by atoms with van der Waals surface area (Å²) in [6.07, 6.45) is 1.67. The average molecular weight is 168 g/mol. The Hall–Kier alpha value is -1.41. The zero-order chi connectivity index (χ0) is 9.56. The van der Waals surface area contributed by atoms with E-state index in [1.54, 1.807) is 26.8 Å². The molecule has 0 saturated heterocycles. The summed E-state index contributed by atoms with van der Waals surface area (Å²) in [4.78, 5) is 13.9. The fraction of sp³-hybridized carbons (Fsp3) is 0.500. The van der Waals surface area contributed by atoms with Crippen molar-refractivity contribution in [3.05, 3.63) is 17.2 Å². The highest BCUT2D eigenvalue weighted by atomic mass is 16.5. The molecule has 0 aliphatic carbocycles. The maximum Gasteiger partial charge on any atom is 0.421 e. The van der Waals surface area contributed by atoms with Gasteiger partial charge in [-0.05, 0) is 20.8 Å². The third kappa shape index (κ3) is 2.68. The van der Waals surface area contributed by atoms with Crippen molar-refractivity contribution >= 4 is 11.7 Å². The first-order valence-electron chi connectivity index (χ1n) is 3.69. The Labute approximate surface area is 71.5 Å². The van der Waals surface area contributed by atoms with Crippen molar-refractivity contribution in [3.8, 4) is 0 Å². The Balaban J connectivity index is 4.60. The highest BCUT2D eigenvalue weighted by Gasteiger charge is 2.22. The van der Waals surface area contributed by atoms with Gasteiger partial charge in [-0.2, -0.15) is 4.79 Å². The molecule has 4 nitrogen and oxygen atoms in total. The summed E-state index contributed by atoms with van der Waals surface area (Å²) >= 11 is 0. The van der Waals surface area contributed by atoms with Crippen LogP contribution in [-0.4, -0.2) is 23.1 Å². The van der Waals surface area contributed by atoms with Crippen LogP contribution in [0.3, 0.4) is 0 Å². The zero-order valence-electron chi connectivity index (χ0n) is 7.50. The van der Waals surface area contributed by atoms with Gasteiger partial charge in [0.1, 0.15) is 0 Å². The van der Waals surface area contributed by atoms with Crippen LogP contribution in [0.5, 0.6) is 0 Å². The molecule has 0 aromatic heterocycles. The number of nitrogens with zero attached hydrogens (tertiary/aromatic N) is 2. The van der Waals surface area contributed by atoms with E-state index >= 15 is 0 Å². The molecule has 0 bridgehead atoms. The van der Waals surface area contributed by atoms with Crippen molar-refractivity contribution in [2.75, 3.05) is 6.61 Å². The summed E-state index contributed by atoms with van der Waals surface area (Å²) in [5.41, 5.74) is 9.02. The van der Waals surface area contributed by atoms with Gasteiger partial charge in [-0.25, -0.2) is 4.79 Å². The first-order chi connectivity index (χ1) is 5.67. The molecule has 0 aromatic carbocycles. The van der Waals surface area contributed by atoms with E-state index in [1.807, 2.05) is 0 Å². The number of carbonyl (C=O) groups excluding carboxylic acids is 1. The first kappa shape index (κ1) is 10.6. The second-order valence-corrected chi connectivity index (χ2v) is 2.14. The van der Waals surface area contributed by atoms with Gasteiger partial charge in [0.2, 0.25) is 0 Å². The van der Waals surface area contributed by atoms with Crippen LogP contribution in [0.4, 0.5) is 0 Å². The van der Waals surface area contributed by atoms with Crippen molar-refractivity contribution in [3.63, 3.8) is 0 Å². The third-order valence-corrected chi connectivity index (χ3v) is 1.38. The Morgan fingerprint density at radius 1 is 1.67 bits per heavy atom. The fourth-order valence-electron chi connectivity index (χ4n) is 0.617. The van der Waals surface area contributed by atoms with Crippen molar-refractivity contribution in [1.82, 2.24) is 0 Å². The van der Waals surface area contributed by atoms with E-state index in [9.17, 15) is 4.79 Å². The molecule has 0 spiro atoms. The van der Waals surface area contributed by atoms with E-state index in [-0.39, 0.29) is 12.3 Å². The lowest BCUT2D eigenvalue weighted by Crippen LogP contribution is -2.19. The molecule has 0 unspecified atom stereocenters. The molecular weight excluding hydrogens is 156 g/mol. The largest absolute Gasteiger partial charge is 0.457 e. The van der Waals surface area contributed by atoms with Crippen LogP contribution in [0.15, 0.2) is 11.6 Å². The van der Waals surface area contributed by atoms with Crippen molar-refractivity contribution in [1.29, 1.82) is 0 Å². The lowest BCUT2D eigenvalue weighted by atomic mass is 10.2. The molecule has 0 N–H and O–H groups in total. The van der Waals surface area contributed by atoms with E-state index in [4.69, 9.17) is 5.53 Å². The summed E-state index contributed by atoms with van der Waals surface area (Å²) in [5.74, 6) is -0.601. The van der Waals surface area contributed by atoms with E-state index in [0.717, 1.165) is 0 Å². The minimum absolute atomic E-state index is 0.0423. The number of esters is 1. The Bertz CT molecular complexity index is 250. The van der Waals surface area contributed by atoms with Crippen molar-refractivity contribution in [2.24, 2.45) is 0 Å². The molecule has 0 fully saturated rings. The molecule has 0 radical (unpaired) electrons. The van der Waals surface area contributed by atoms with Gasteiger partial charge in [0, 0.05) is 5.57 Å². The van der Waals surface area contributed by atoms with Gasteiger partial charge < -0.3 is 10.3 Å². The number of carbonyl (C=O) groups is 1.